The average Bonchev–Trinajstić information content (AvgIpc) is 2.95. The van der Waals surface area contributed by atoms with E-state index >= 15 is 0 Å². The number of nitrogens with zero attached hydrogens (tertiary/aromatic N) is 1. The summed E-state index contributed by atoms with van der Waals surface area (Å²) in [5, 5.41) is 6.41. The van der Waals surface area contributed by atoms with Gasteiger partial charge in [0.05, 0.1) is 18.8 Å². The maximum atomic E-state index is 5.44. The second kappa shape index (κ2) is 6.17. The average molecular weight is 276 g/mol. The third-order valence-corrected chi connectivity index (χ3v) is 4.30. The summed E-state index contributed by atoms with van der Waals surface area (Å²) in [5.41, 5.74) is 3.37. The van der Waals surface area contributed by atoms with Crippen molar-refractivity contribution in [3.8, 4) is 17.0 Å². The molecule has 0 saturated heterocycles. The molecule has 0 radical (unpaired) electrons. The van der Waals surface area contributed by atoms with E-state index in [9.17, 15) is 0 Å². The minimum atomic E-state index is 0.277. The molecule has 1 aromatic carbocycles. The van der Waals surface area contributed by atoms with Gasteiger partial charge in [0.15, 0.2) is 0 Å². The molecule has 2 rings (SSSR count). The van der Waals surface area contributed by atoms with Crippen LogP contribution in [-0.4, -0.2) is 19.1 Å². The zero-order valence-corrected chi connectivity index (χ0v) is 12.7. The quantitative estimate of drug-likeness (QED) is 0.905. The molecule has 1 N–H and O–H groups in total. The zero-order valence-electron chi connectivity index (χ0n) is 11.9. The molecule has 0 fully saturated rings. The number of benzene rings is 1. The Bertz CT molecular complexity index is 551. The molecule has 0 aliphatic heterocycles. The van der Waals surface area contributed by atoms with Crippen molar-refractivity contribution in [3.05, 3.63) is 34.2 Å². The Balaban J connectivity index is 2.42. The van der Waals surface area contributed by atoms with Crippen LogP contribution in [0.15, 0.2) is 23.6 Å². The topological polar surface area (TPSA) is 34.1 Å². The van der Waals surface area contributed by atoms with Crippen LogP contribution >= 0.6 is 11.3 Å². The van der Waals surface area contributed by atoms with Gasteiger partial charge in [0.2, 0.25) is 0 Å². The zero-order chi connectivity index (χ0) is 13.8. The van der Waals surface area contributed by atoms with Crippen LogP contribution in [0.4, 0.5) is 0 Å². The van der Waals surface area contributed by atoms with Crippen molar-refractivity contribution in [3.63, 3.8) is 0 Å². The van der Waals surface area contributed by atoms with Crippen LogP contribution in [0.2, 0.25) is 0 Å². The van der Waals surface area contributed by atoms with Crippen LogP contribution in [0.25, 0.3) is 11.3 Å². The van der Waals surface area contributed by atoms with Crippen molar-refractivity contribution in [1.82, 2.24) is 10.3 Å². The molecule has 1 aromatic heterocycles. The molecular weight excluding hydrogens is 256 g/mol. The molecule has 1 atom stereocenters. The maximum Gasteiger partial charge on any atom is 0.128 e. The molecule has 0 aliphatic carbocycles. The standard InChI is InChI=1S/C15H20N2OS/c1-5-11-6-7-14(18-4)12(8-11)13-9-19-15(17-13)10(2)16-3/h6-10,16H,5H2,1-4H3. The molecule has 4 heteroatoms. The largest absolute Gasteiger partial charge is 0.496 e. The Morgan fingerprint density at radius 2 is 2.21 bits per heavy atom. The molecule has 1 heterocycles. The van der Waals surface area contributed by atoms with Gasteiger partial charge in [-0.25, -0.2) is 4.98 Å². The molecule has 0 aliphatic rings. The SMILES string of the molecule is CCc1ccc(OC)c(-c2csc(C(C)NC)n2)c1. The van der Waals surface area contributed by atoms with Crippen molar-refractivity contribution >= 4 is 11.3 Å². The summed E-state index contributed by atoms with van der Waals surface area (Å²) in [5.74, 6) is 0.881. The highest BCUT2D eigenvalue weighted by Crippen LogP contribution is 2.33. The van der Waals surface area contributed by atoms with Crippen LogP contribution in [-0.2, 0) is 6.42 Å². The number of methoxy groups -OCH3 is 1. The van der Waals surface area contributed by atoms with Gasteiger partial charge in [-0.15, -0.1) is 11.3 Å². The van der Waals surface area contributed by atoms with Gasteiger partial charge in [-0.05, 0) is 38.1 Å². The smallest absolute Gasteiger partial charge is 0.128 e. The normalized spacial score (nSPS) is 12.4. The predicted octanol–water partition coefficient (Wildman–Crippen LogP) is 3.66. The van der Waals surface area contributed by atoms with E-state index in [-0.39, 0.29) is 6.04 Å². The second-order valence-corrected chi connectivity index (χ2v) is 5.36. The van der Waals surface area contributed by atoms with Gasteiger partial charge >= 0.3 is 0 Å². The van der Waals surface area contributed by atoms with E-state index < -0.39 is 0 Å². The molecule has 1 unspecified atom stereocenters. The second-order valence-electron chi connectivity index (χ2n) is 4.47. The first-order valence-electron chi connectivity index (χ1n) is 6.49. The molecule has 19 heavy (non-hydrogen) atoms. The van der Waals surface area contributed by atoms with E-state index in [0.29, 0.717) is 0 Å². The summed E-state index contributed by atoms with van der Waals surface area (Å²) in [6.45, 7) is 4.27. The highest BCUT2D eigenvalue weighted by atomic mass is 32.1. The van der Waals surface area contributed by atoms with Gasteiger partial charge in [-0.2, -0.15) is 0 Å². The maximum absolute atomic E-state index is 5.44. The van der Waals surface area contributed by atoms with Crippen LogP contribution in [0, 0.1) is 0 Å². The van der Waals surface area contributed by atoms with Gasteiger partial charge in [0.1, 0.15) is 10.8 Å². The van der Waals surface area contributed by atoms with Crippen molar-refractivity contribution in [2.45, 2.75) is 26.3 Å². The number of ether oxygens (including phenoxy) is 1. The molecule has 0 saturated carbocycles. The fraction of sp³-hybridized carbons (Fsp3) is 0.400. The Morgan fingerprint density at radius 3 is 2.84 bits per heavy atom. The van der Waals surface area contributed by atoms with E-state index in [2.05, 4.69) is 36.7 Å². The highest BCUT2D eigenvalue weighted by Gasteiger charge is 2.13. The van der Waals surface area contributed by atoms with Gasteiger partial charge in [0.25, 0.3) is 0 Å². The van der Waals surface area contributed by atoms with E-state index in [1.807, 2.05) is 13.1 Å². The Morgan fingerprint density at radius 1 is 1.42 bits per heavy atom. The Hall–Kier alpha value is -1.39. The van der Waals surface area contributed by atoms with Crippen molar-refractivity contribution in [2.75, 3.05) is 14.2 Å². The van der Waals surface area contributed by atoms with E-state index in [1.165, 1.54) is 5.56 Å². The first-order chi connectivity index (χ1) is 9.19. The van der Waals surface area contributed by atoms with Crippen LogP contribution < -0.4 is 10.1 Å². The van der Waals surface area contributed by atoms with Crippen LogP contribution in [0.3, 0.4) is 0 Å². The lowest BCUT2D eigenvalue weighted by Crippen LogP contribution is -2.11. The predicted molar refractivity (Wildman–Crippen MR) is 81.0 cm³/mol. The minimum absolute atomic E-state index is 0.277. The highest BCUT2D eigenvalue weighted by molar-refractivity contribution is 7.10. The summed E-state index contributed by atoms with van der Waals surface area (Å²) >= 11 is 1.68. The van der Waals surface area contributed by atoms with Crippen molar-refractivity contribution in [1.29, 1.82) is 0 Å². The van der Waals surface area contributed by atoms with E-state index in [1.54, 1.807) is 18.4 Å². The molecular formula is C15H20N2OS. The Labute approximate surface area is 118 Å². The number of nitrogens with one attached hydrogen (secondary N) is 1. The summed E-state index contributed by atoms with van der Waals surface area (Å²) in [6.07, 6.45) is 1.01. The lowest BCUT2D eigenvalue weighted by atomic mass is 10.1. The number of hydrogen-bond acceptors (Lipinski definition) is 4. The van der Waals surface area contributed by atoms with Crippen LogP contribution in [0.5, 0.6) is 5.75 Å². The summed E-state index contributed by atoms with van der Waals surface area (Å²) < 4.78 is 5.44. The lowest BCUT2D eigenvalue weighted by molar-refractivity contribution is 0.416. The monoisotopic (exact) mass is 276 g/mol. The van der Waals surface area contributed by atoms with Crippen molar-refractivity contribution < 1.29 is 4.74 Å². The van der Waals surface area contributed by atoms with Crippen LogP contribution in [0.1, 0.15) is 30.5 Å². The number of thiazole rings is 1. The number of aryl methyl sites for hydroxylation is 1. The van der Waals surface area contributed by atoms with Crippen molar-refractivity contribution in [2.24, 2.45) is 0 Å². The number of rotatable bonds is 5. The lowest BCUT2D eigenvalue weighted by Gasteiger charge is -2.09. The third kappa shape index (κ3) is 2.96. The number of aromatic nitrogens is 1. The van der Waals surface area contributed by atoms with Gasteiger partial charge in [0, 0.05) is 10.9 Å². The first kappa shape index (κ1) is 14.0. The van der Waals surface area contributed by atoms with Gasteiger partial charge in [-0.3, -0.25) is 0 Å². The third-order valence-electron chi connectivity index (χ3n) is 3.27. The van der Waals surface area contributed by atoms with E-state index in [4.69, 9.17) is 9.72 Å². The first-order valence-corrected chi connectivity index (χ1v) is 7.37. The minimum Gasteiger partial charge on any atom is -0.496 e. The molecule has 2 aromatic rings. The fourth-order valence-corrected chi connectivity index (χ4v) is 2.79. The van der Waals surface area contributed by atoms with Gasteiger partial charge < -0.3 is 10.1 Å². The summed E-state index contributed by atoms with van der Waals surface area (Å²) in [4.78, 5) is 4.71. The molecule has 0 amide bonds. The Kier molecular flexibility index (Phi) is 4.56. The molecule has 0 bridgehead atoms. The molecule has 3 nitrogen and oxygen atoms in total. The summed E-state index contributed by atoms with van der Waals surface area (Å²) in [6, 6.07) is 6.57. The van der Waals surface area contributed by atoms with E-state index in [0.717, 1.165) is 28.4 Å². The molecule has 102 valence electrons. The number of hydrogen-bond donors (Lipinski definition) is 1. The fourth-order valence-electron chi connectivity index (χ4n) is 1.91. The molecule has 0 spiro atoms. The summed E-state index contributed by atoms with van der Waals surface area (Å²) in [7, 11) is 3.65. The van der Waals surface area contributed by atoms with Gasteiger partial charge in [-0.1, -0.05) is 13.0 Å².